The van der Waals surface area contributed by atoms with Gasteiger partial charge < -0.3 is 15.2 Å². The van der Waals surface area contributed by atoms with Gasteiger partial charge in [-0.3, -0.25) is 0 Å². The molecule has 98 valence electrons. The van der Waals surface area contributed by atoms with Gasteiger partial charge in [0.2, 0.25) is 0 Å². The van der Waals surface area contributed by atoms with E-state index < -0.39 is 0 Å². The molecule has 2 N–H and O–H groups in total. The van der Waals surface area contributed by atoms with Crippen molar-refractivity contribution in [2.24, 2.45) is 11.1 Å². The van der Waals surface area contributed by atoms with Crippen LogP contribution in [0, 0.1) is 5.41 Å². The SMILES string of the molecule is COc1cccc(OC2CC(N)C23CCCC3)c1. The van der Waals surface area contributed by atoms with Crippen molar-refractivity contribution in [3.8, 4) is 11.5 Å². The molecule has 3 rings (SSSR count). The van der Waals surface area contributed by atoms with E-state index in [-0.39, 0.29) is 5.41 Å². The number of ether oxygens (including phenoxy) is 2. The van der Waals surface area contributed by atoms with Crippen LogP contribution in [-0.2, 0) is 0 Å². The van der Waals surface area contributed by atoms with Crippen molar-refractivity contribution < 1.29 is 9.47 Å². The fourth-order valence-corrected chi connectivity index (χ4v) is 3.51. The lowest BCUT2D eigenvalue weighted by Gasteiger charge is -2.52. The first-order chi connectivity index (χ1) is 8.74. The van der Waals surface area contributed by atoms with E-state index in [0.29, 0.717) is 12.1 Å². The van der Waals surface area contributed by atoms with Crippen molar-refractivity contribution in [2.45, 2.75) is 44.2 Å². The van der Waals surface area contributed by atoms with Crippen LogP contribution in [0.1, 0.15) is 32.1 Å². The number of hydrogen-bond donors (Lipinski definition) is 1. The summed E-state index contributed by atoms with van der Waals surface area (Å²) in [5.41, 5.74) is 6.47. The highest BCUT2D eigenvalue weighted by atomic mass is 16.5. The Labute approximate surface area is 108 Å². The molecule has 2 aliphatic rings. The maximum Gasteiger partial charge on any atom is 0.123 e. The Kier molecular flexibility index (Phi) is 2.94. The quantitative estimate of drug-likeness (QED) is 0.893. The van der Waals surface area contributed by atoms with Gasteiger partial charge in [0.25, 0.3) is 0 Å². The summed E-state index contributed by atoms with van der Waals surface area (Å²) in [6.07, 6.45) is 6.32. The molecule has 2 saturated carbocycles. The molecule has 0 bridgehead atoms. The van der Waals surface area contributed by atoms with E-state index in [9.17, 15) is 0 Å². The normalized spacial score (nSPS) is 29.0. The predicted octanol–water partition coefficient (Wildman–Crippen LogP) is 2.73. The average molecular weight is 247 g/mol. The largest absolute Gasteiger partial charge is 0.497 e. The maximum absolute atomic E-state index is 6.21. The summed E-state index contributed by atoms with van der Waals surface area (Å²) in [7, 11) is 1.68. The molecule has 0 aliphatic heterocycles. The van der Waals surface area contributed by atoms with Gasteiger partial charge in [0.15, 0.2) is 0 Å². The standard InChI is InChI=1S/C15H21NO2/c1-17-11-5-4-6-12(9-11)18-14-10-13(16)15(14)7-2-3-8-15/h4-6,9,13-14H,2-3,7-8,10,16H2,1H3. The van der Waals surface area contributed by atoms with Gasteiger partial charge in [0, 0.05) is 23.9 Å². The monoisotopic (exact) mass is 247 g/mol. The van der Waals surface area contributed by atoms with Crippen molar-refractivity contribution in [1.29, 1.82) is 0 Å². The van der Waals surface area contributed by atoms with Crippen LogP contribution in [0.4, 0.5) is 0 Å². The van der Waals surface area contributed by atoms with E-state index >= 15 is 0 Å². The van der Waals surface area contributed by atoms with E-state index in [1.54, 1.807) is 7.11 Å². The van der Waals surface area contributed by atoms with Crippen LogP contribution in [0.5, 0.6) is 11.5 Å². The maximum atomic E-state index is 6.21. The lowest BCUT2D eigenvalue weighted by molar-refractivity contribution is -0.0620. The second-order valence-corrected chi connectivity index (χ2v) is 5.57. The van der Waals surface area contributed by atoms with Crippen molar-refractivity contribution in [2.75, 3.05) is 7.11 Å². The van der Waals surface area contributed by atoms with Crippen LogP contribution in [0.3, 0.4) is 0 Å². The molecule has 18 heavy (non-hydrogen) atoms. The molecule has 0 aromatic heterocycles. The van der Waals surface area contributed by atoms with Crippen LogP contribution in [0.2, 0.25) is 0 Å². The molecule has 0 radical (unpaired) electrons. The third-order valence-corrected chi connectivity index (χ3v) is 4.70. The molecule has 2 aliphatic carbocycles. The van der Waals surface area contributed by atoms with Gasteiger partial charge in [0.1, 0.15) is 17.6 Å². The highest BCUT2D eigenvalue weighted by molar-refractivity contribution is 5.33. The van der Waals surface area contributed by atoms with Gasteiger partial charge in [-0.25, -0.2) is 0 Å². The lowest BCUT2D eigenvalue weighted by atomic mass is 9.61. The van der Waals surface area contributed by atoms with Crippen molar-refractivity contribution in [3.05, 3.63) is 24.3 Å². The van der Waals surface area contributed by atoms with E-state index in [1.165, 1.54) is 25.7 Å². The molecule has 3 heteroatoms. The Morgan fingerprint density at radius 1 is 1.22 bits per heavy atom. The third kappa shape index (κ3) is 1.77. The summed E-state index contributed by atoms with van der Waals surface area (Å²) in [5.74, 6) is 1.74. The molecular weight excluding hydrogens is 226 g/mol. The smallest absolute Gasteiger partial charge is 0.123 e. The minimum Gasteiger partial charge on any atom is -0.497 e. The Hall–Kier alpha value is -1.22. The highest BCUT2D eigenvalue weighted by Crippen LogP contribution is 2.53. The zero-order valence-corrected chi connectivity index (χ0v) is 10.9. The van der Waals surface area contributed by atoms with Gasteiger partial charge in [-0.2, -0.15) is 0 Å². The molecule has 3 nitrogen and oxygen atoms in total. The van der Waals surface area contributed by atoms with Crippen molar-refractivity contribution in [1.82, 2.24) is 0 Å². The number of rotatable bonds is 3. The molecule has 0 heterocycles. The topological polar surface area (TPSA) is 44.5 Å². The van der Waals surface area contributed by atoms with E-state index in [2.05, 4.69) is 0 Å². The Balaban J connectivity index is 1.73. The number of methoxy groups -OCH3 is 1. The van der Waals surface area contributed by atoms with E-state index in [4.69, 9.17) is 15.2 Å². The molecule has 2 fully saturated rings. The molecule has 2 atom stereocenters. The van der Waals surface area contributed by atoms with Crippen LogP contribution in [0.25, 0.3) is 0 Å². The van der Waals surface area contributed by atoms with Crippen LogP contribution >= 0.6 is 0 Å². The summed E-state index contributed by atoms with van der Waals surface area (Å²) in [5, 5.41) is 0. The Bertz CT molecular complexity index is 426. The first-order valence-electron chi connectivity index (χ1n) is 6.81. The molecule has 1 aromatic carbocycles. The number of hydrogen-bond acceptors (Lipinski definition) is 3. The molecule has 2 unspecified atom stereocenters. The Morgan fingerprint density at radius 2 is 1.94 bits per heavy atom. The Morgan fingerprint density at radius 3 is 2.61 bits per heavy atom. The fourth-order valence-electron chi connectivity index (χ4n) is 3.51. The van der Waals surface area contributed by atoms with Gasteiger partial charge >= 0.3 is 0 Å². The summed E-state index contributed by atoms with van der Waals surface area (Å²) >= 11 is 0. The van der Waals surface area contributed by atoms with Gasteiger partial charge in [-0.15, -0.1) is 0 Å². The van der Waals surface area contributed by atoms with Crippen LogP contribution < -0.4 is 15.2 Å². The summed E-state index contributed by atoms with van der Waals surface area (Å²) in [6, 6.07) is 8.18. The second-order valence-electron chi connectivity index (χ2n) is 5.57. The molecule has 1 aromatic rings. The van der Waals surface area contributed by atoms with Crippen LogP contribution in [0.15, 0.2) is 24.3 Å². The number of nitrogens with two attached hydrogens (primary N) is 1. The predicted molar refractivity (Wildman–Crippen MR) is 70.9 cm³/mol. The zero-order chi connectivity index (χ0) is 12.6. The molecule has 0 amide bonds. The third-order valence-electron chi connectivity index (χ3n) is 4.70. The van der Waals surface area contributed by atoms with Gasteiger partial charge in [-0.1, -0.05) is 18.9 Å². The first kappa shape index (κ1) is 11.8. The summed E-state index contributed by atoms with van der Waals surface area (Å²) in [4.78, 5) is 0. The molecule has 1 spiro atoms. The minimum absolute atomic E-state index is 0.253. The first-order valence-corrected chi connectivity index (χ1v) is 6.81. The van der Waals surface area contributed by atoms with Gasteiger partial charge in [-0.05, 0) is 25.0 Å². The second kappa shape index (κ2) is 4.47. The fraction of sp³-hybridized carbons (Fsp3) is 0.600. The van der Waals surface area contributed by atoms with E-state index in [1.807, 2.05) is 24.3 Å². The van der Waals surface area contributed by atoms with Crippen molar-refractivity contribution in [3.63, 3.8) is 0 Å². The summed E-state index contributed by atoms with van der Waals surface area (Å²) in [6.45, 7) is 0. The van der Waals surface area contributed by atoms with Crippen LogP contribution in [-0.4, -0.2) is 19.3 Å². The molecular formula is C15H21NO2. The average Bonchev–Trinajstić information content (AvgIpc) is 2.91. The lowest BCUT2D eigenvalue weighted by Crippen LogP contribution is -2.62. The number of benzene rings is 1. The summed E-state index contributed by atoms with van der Waals surface area (Å²) < 4.78 is 11.4. The van der Waals surface area contributed by atoms with Gasteiger partial charge in [0.05, 0.1) is 7.11 Å². The minimum atomic E-state index is 0.253. The molecule has 0 saturated heterocycles. The highest BCUT2D eigenvalue weighted by Gasteiger charge is 2.56. The van der Waals surface area contributed by atoms with E-state index in [0.717, 1.165) is 17.9 Å². The zero-order valence-electron chi connectivity index (χ0n) is 10.9. The van der Waals surface area contributed by atoms with Crippen molar-refractivity contribution >= 4 is 0 Å².